The molecule has 0 aliphatic carbocycles. The number of ether oxygens (including phenoxy) is 1. The first-order valence-corrected chi connectivity index (χ1v) is 22.6. The van der Waals surface area contributed by atoms with Crippen LogP contribution >= 0.6 is 0 Å². The number of hydrogen-bond acceptors (Lipinski definition) is 15. The Kier molecular flexibility index (Phi) is 17.7. The number of carbonyl (C=O) groups excluding carboxylic acids is 5. The smallest absolute Gasteiger partial charge is 0.255 e. The van der Waals surface area contributed by atoms with Gasteiger partial charge in [-0.3, -0.25) is 29.3 Å². The highest BCUT2D eigenvalue weighted by Crippen LogP contribution is 2.32. The molecule has 2 aromatic heterocycles. The molecule has 2 atom stereocenters. The Bertz CT molecular complexity index is 2580. The fraction of sp³-hybridized carbons (Fsp3) is 0.354. The number of nitrogens with two attached hydrogens (primary N) is 3. The van der Waals surface area contributed by atoms with Crippen molar-refractivity contribution < 1.29 is 28.7 Å². The molecule has 5 amide bonds. The molecule has 20 heteroatoms. The Morgan fingerprint density at radius 3 is 2.57 bits per heavy atom. The molecule has 1 fully saturated rings. The maximum atomic E-state index is 13.3. The van der Waals surface area contributed by atoms with Gasteiger partial charge in [0.05, 0.1) is 19.2 Å². The molecule has 2 aliphatic rings. The average Bonchev–Trinajstić information content (AvgIpc) is 3.89. The number of benzene rings is 3. The number of anilines is 2. The van der Waals surface area contributed by atoms with Crippen molar-refractivity contribution in [3.05, 3.63) is 125 Å². The van der Waals surface area contributed by atoms with Crippen LogP contribution in [0.15, 0.2) is 97.2 Å². The molecule has 2 aliphatic heterocycles. The first-order chi connectivity index (χ1) is 32.9. The number of nitrogens with zero attached hydrogens (tertiary/aromatic N) is 7. The number of fused-ring (bicyclic) bond motifs is 1. The zero-order valence-corrected chi connectivity index (χ0v) is 38.6. The van der Waals surface area contributed by atoms with Gasteiger partial charge in [0.15, 0.2) is 11.6 Å². The maximum Gasteiger partial charge on any atom is 0.255 e. The third-order valence-electron chi connectivity index (χ3n) is 11.5. The van der Waals surface area contributed by atoms with E-state index in [2.05, 4.69) is 47.2 Å². The lowest BCUT2D eigenvalue weighted by atomic mass is 10.0. The summed E-state index contributed by atoms with van der Waals surface area (Å²) in [6.07, 6.45) is 9.14. The highest BCUT2D eigenvalue weighted by molar-refractivity contribution is 6.06. The summed E-state index contributed by atoms with van der Waals surface area (Å²) in [5, 5.41) is 21.7. The van der Waals surface area contributed by atoms with Gasteiger partial charge in [0.2, 0.25) is 17.7 Å². The van der Waals surface area contributed by atoms with Gasteiger partial charge in [-0.2, -0.15) is 0 Å². The van der Waals surface area contributed by atoms with Gasteiger partial charge in [-0.15, -0.1) is 10.2 Å². The summed E-state index contributed by atoms with van der Waals surface area (Å²) in [5.74, 6) is 6.63. The van der Waals surface area contributed by atoms with Crippen LogP contribution in [-0.4, -0.2) is 90.4 Å². The molecule has 0 radical (unpaired) electrons. The largest absolute Gasteiger partial charge is 0.494 e. The van der Waals surface area contributed by atoms with E-state index in [1.165, 1.54) is 23.3 Å². The monoisotopic (exact) mass is 928 g/mol. The van der Waals surface area contributed by atoms with Crippen molar-refractivity contribution in [2.75, 3.05) is 30.8 Å². The van der Waals surface area contributed by atoms with E-state index < -0.39 is 11.9 Å². The van der Waals surface area contributed by atoms with Crippen molar-refractivity contribution >= 4 is 40.9 Å². The molecule has 3 aromatic carbocycles. The normalized spacial score (nSPS) is 14.8. The van der Waals surface area contributed by atoms with Crippen molar-refractivity contribution in [3.63, 3.8) is 0 Å². The van der Waals surface area contributed by atoms with Crippen LogP contribution < -0.4 is 43.3 Å². The molecular formula is C48H60N14O6. The number of hydrogen-bond donors (Lipinski definition) is 7. The van der Waals surface area contributed by atoms with E-state index in [0.29, 0.717) is 65.1 Å². The highest BCUT2D eigenvalue weighted by atomic mass is 16.5. The molecule has 0 saturated carbocycles. The summed E-state index contributed by atoms with van der Waals surface area (Å²) in [4.78, 5) is 73.0. The van der Waals surface area contributed by atoms with Crippen LogP contribution in [0, 0.1) is 0 Å². The topological polar surface area (TPSA) is 284 Å². The fourth-order valence-electron chi connectivity index (χ4n) is 7.81. The minimum Gasteiger partial charge on any atom is -0.494 e. The van der Waals surface area contributed by atoms with Crippen molar-refractivity contribution in [3.8, 4) is 17.3 Å². The van der Waals surface area contributed by atoms with E-state index >= 15 is 0 Å². The third-order valence-corrected chi connectivity index (χ3v) is 11.5. The van der Waals surface area contributed by atoms with Crippen LogP contribution in [0.25, 0.3) is 11.5 Å². The Labute approximate surface area is 395 Å². The van der Waals surface area contributed by atoms with Gasteiger partial charge in [-0.05, 0) is 93.7 Å². The molecule has 1 saturated heterocycles. The van der Waals surface area contributed by atoms with Crippen molar-refractivity contribution in [1.29, 1.82) is 0 Å². The van der Waals surface area contributed by atoms with E-state index in [-0.39, 0.29) is 61.9 Å². The lowest BCUT2D eigenvalue weighted by Crippen LogP contribution is -2.52. The first kappa shape index (κ1) is 49.7. The second-order valence-electron chi connectivity index (χ2n) is 16.3. The van der Waals surface area contributed by atoms with E-state index in [9.17, 15) is 24.0 Å². The molecule has 7 rings (SSSR count). The second kappa shape index (κ2) is 24.2. The minimum atomic E-state index is -0.741. The summed E-state index contributed by atoms with van der Waals surface area (Å²) in [6, 6.07) is 20.9. The van der Waals surface area contributed by atoms with E-state index in [4.69, 9.17) is 16.3 Å². The summed E-state index contributed by atoms with van der Waals surface area (Å²) in [5.41, 5.74) is 15.6. The molecule has 68 heavy (non-hydrogen) atoms. The highest BCUT2D eigenvalue weighted by Gasteiger charge is 2.40. The van der Waals surface area contributed by atoms with Gasteiger partial charge in [0.25, 0.3) is 11.8 Å². The SMILES string of the molecule is CC(NC(=O)c1cccc(NCc2nnc(-c3ccncn3)n2C)c1)c1cccc(OCCCCCCN(N)/C=C(\N)CCC(=O)Nc2cccc3c2CN(C2CCC(=O)NC2=O)C3=O)c1.CN. The van der Waals surface area contributed by atoms with Crippen molar-refractivity contribution in [1.82, 2.24) is 45.3 Å². The Morgan fingerprint density at radius 2 is 1.78 bits per heavy atom. The number of carbonyl (C=O) groups is 5. The zero-order valence-electron chi connectivity index (χ0n) is 38.6. The number of nitrogens with one attached hydrogen (secondary N) is 4. The molecule has 2 unspecified atom stereocenters. The molecule has 0 spiro atoms. The summed E-state index contributed by atoms with van der Waals surface area (Å²) in [7, 11) is 3.38. The summed E-state index contributed by atoms with van der Waals surface area (Å²) >= 11 is 0. The number of amides is 5. The number of unbranched alkanes of at least 4 members (excludes halogenated alkanes) is 3. The summed E-state index contributed by atoms with van der Waals surface area (Å²) < 4.78 is 7.92. The predicted octanol–water partition coefficient (Wildman–Crippen LogP) is 4.05. The van der Waals surface area contributed by atoms with Gasteiger partial charge < -0.3 is 46.6 Å². The number of hydrazine groups is 1. The van der Waals surface area contributed by atoms with Crippen LogP contribution in [0.1, 0.15) is 102 Å². The van der Waals surface area contributed by atoms with Gasteiger partial charge >= 0.3 is 0 Å². The van der Waals surface area contributed by atoms with Crippen LogP contribution in [0.4, 0.5) is 11.4 Å². The van der Waals surface area contributed by atoms with Crippen LogP contribution in [-0.2, 0) is 34.5 Å². The number of imide groups is 1. The van der Waals surface area contributed by atoms with Crippen molar-refractivity contribution in [2.24, 2.45) is 24.4 Å². The molecule has 20 nitrogen and oxygen atoms in total. The first-order valence-electron chi connectivity index (χ1n) is 22.6. The van der Waals surface area contributed by atoms with Gasteiger partial charge in [0.1, 0.15) is 23.8 Å². The van der Waals surface area contributed by atoms with Crippen molar-refractivity contribution in [2.45, 2.75) is 83.5 Å². The molecule has 358 valence electrons. The Hall–Kier alpha value is -7.71. The Morgan fingerprint density at radius 1 is 0.985 bits per heavy atom. The number of aromatic nitrogens is 5. The molecule has 0 bridgehead atoms. The molecule has 5 aromatic rings. The molecule has 4 heterocycles. The second-order valence-corrected chi connectivity index (χ2v) is 16.3. The average molecular weight is 929 g/mol. The number of piperidine rings is 1. The lowest BCUT2D eigenvalue weighted by molar-refractivity contribution is -0.137. The minimum absolute atomic E-state index is 0.106. The van der Waals surface area contributed by atoms with E-state index in [1.54, 1.807) is 48.8 Å². The van der Waals surface area contributed by atoms with Crippen LogP contribution in [0.2, 0.25) is 0 Å². The Balaban J connectivity index is 0.00000376. The zero-order chi connectivity index (χ0) is 48.6. The predicted molar refractivity (Wildman–Crippen MR) is 256 cm³/mol. The van der Waals surface area contributed by atoms with E-state index in [0.717, 1.165) is 42.7 Å². The van der Waals surface area contributed by atoms with Crippen LogP contribution in [0.5, 0.6) is 5.75 Å². The number of allylic oxidation sites excluding steroid dienone is 1. The fourth-order valence-corrected chi connectivity index (χ4v) is 7.81. The van der Waals surface area contributed by atoms with Gasteiger partial charge in [-0.1, -0.05) is 37.1 Å². The standard InChI is InChI=1S/C47H55N13O6.CH5N/c1-30(53-45(63)32-11-7-12-34(24-32)51-26-41-56-57-44(58(41)2)39-20-21-50-29-52-39)31-10-8-13-35(25-31)66-23-6-4-3-5-22-59(49)27-33(48)16-18-42(61)54-38-15-9-14-36-37(38)28-60(47(36)65)40-17-19-43(62)55-46(40)64;1-2/h7-15,20-21,24-25,27,29-30,40,51H,3-6,16-19,22-23,26,28,48-49H2,1-2H3,(H,53,63)(H,54,61)(H,55,62,64);2H2,1H3/b33-27-;. The molecule has 10 N–H and O–H groups in total. The number of rotatable bonds is 21. The molecular weight excluding hydrogens is 869 g/mol. The quantitative estimate of drug-likeness (QED) is 0.0237. The third kappa shape index (κ3) is 13.2. The van der Waals surface area contributed by atoms with Crippen LogP contribution in [0.3, 0.4) is 0 Å². The lowest BCUT2D eigenvalue weighted by Gasteiger charge is -2.29. The van der Waals surface area contributed by atoms with Gasteiger partial charge in [0, 0.05) is 79.1 Å². The van der Waals surface area contributed by atoms with E-state index in [1.807, 2.05) is 54.9 Å². The van der Waals surface area contributed by atoms with Gasteiger partial charge in [-0.25, -0.2) is 15.8 Å². The maximum absolute atomic E-state index is 13.3. The summed E-state index contributed by atoms with van der Waals surface area (Å²) in [6.45, 7) is 3.62.